The lowest BCUT2D eigenvalue weighted by atomic mass is 10.0. The van der Waals surface area contributed by atoms with E-state index in [1.807, 2.05) is 0 Å². The number of rotatable bonds is 1. The minimum absolute atomic E-state index is 1.20. The molecule has 3 aromatic rings. The highest BCUT2D eigenvalue weighted by atomic mass is 14.7. The number of aryl methyl sites for hydroxylation is 2. The average molecular weight is 221 g/mol. The summed E-state index contributed by atoms with van der Waals surface area (Å²) in [5, 5.41) is 1.27. The normalized spacial score (nSPS) is 10.9. The summed E-state index contributed by atoms with van der Waals surface area (Å²) in [5.41, 5.74) is 6.36. The van der Waals surface area contributed by atoms with Crippen LogP contribution in [0.15, 0.2) is 48.5 Å². The van der Waals surface area contributed by atoms with E-state index in [9.17, 15) is 0 Å². The lowest BCUT2D eigenvalue weighted by molar-refractivity contribution is 1.34. The summed E-state index contributed by atoms with van der Waals surface area (Å²) in [7, 11) is 0. The number of aromatic amines is 1. The first kappa shape index (κ1) is 10.2. The van der Waals surface area contributed by atoms with Crippen LogP contribution < -0.4 is 0 Å². The fourth-order valence-corrected chi connectivity index (χ4v) is 2.45. The van der Waals surface area contributed by atoms with Gasteiger partial charge >= 0.3 is 0 Å². The van der Waals surface area contributed by atoms with Crippen molar-refractivity contribution in [3.63, 3.8) is 0 Å². The van der Waals surface area contributed by atoms with E-state index in [0.29, 0.717) is 0 Å². The van der Waals surface area contributed by atoms with Crippen molar-refractivity contribution in [3.8, 4) is 11.3 Å². The summed E-state index contributed by atoms with van der Waals surface area (Å²) in [5.74, 6) is 0. The van der Waals surface area contributed by atoms with Crippen LogP contribution in [0.2, 0.25) is 0 Å². The number of hydrogen-bond donors (Lipinski definition) is 1. The molecule has 0 radical (unpaired) electrons. The highest BCUT2D eigenvalue weighted by Gasteiger charge is 2.07. The van der Waals surface area contributed by atoms with Gasteiger partial charge < -0.3 is 4.98 Å². The molecule has 84 valence electrons. The molecule has 0 bridgehead atoms. The minimum Gasteiger partial charge on any atom is -0.355 e. The van der Waals surface area contributed by atoms with Gasteiger partial charge in [0.05, 0.1) is 0 Å². The summed E-state index contributed by atoms with van der Waals surface area (Å²) < 4.78 is 0. The Morgan fingerprint density at radius 2 is 1.53 bits per heavy atom. The minimum atomic E-state index is 1.20. The van der Waals surface area contributed by atoms with E-state index in [-0.39, 0.29) is 0 Å². The SMILES string of the molecule is Cc1cccc(C)c1-c1cc2ccccc2[nH]1. The number of aromatic nitrogens is 1. The van der Waals surface area contributed by atoms with Gasteiger partial charge in [-0.2, -0.15) is 0 Å². The first-order valence-electron chi connectivity index (χ1n) is 5.90. The number of para-hydroxylation sites is 1. The second kappa shape index (κ2) is 3.77. The van der Waals surface area contributed by atoms with Crippen LogP contribution in [0.1, 0.15) is 11.1 Å². The molecule has 1 aromatic heterocycles. The zero-order chi connectivity index (χ0) is 11.8. The van der Waals surface area contributed by atoms with E-state index in [0.717, 1.165) is 0 Å². The van der Waals surface area contributed by atoms with Crippen molar-refractivity contribution in [2.75, 3.05) is 0 Å². The van der Waals surface area contributed by atoms with Crippen LogP contribution in [0.4, 0.5) is 0 Å². The molecule has 3 rings (SSSR count). The number of benzene rings is 2. The topological polar surface area (TPSA) is 15.8 Å². The number of fused-ring (bicyclic) bond motifs is 1. The Bertz CT molecular complexity index is 624. The molecular formula is C16H15N. The van der Waals surface area contributed by atoms with Gasteiger partial charge in [-0.3, -0.25) is 0 Å². The molecule has 0 aliphatic carbocycles. The van der Waals surface area contributed by atoms with Crippen LogP contribution in [-0.2, 0) is 0 Å². The Morgan fingerprint density at radius 3 is 2.24 bits per heavy atom. The van der Waals surface area contributed by atoms with E-state index < -0.39 is 0 Å². The van der Waals surface area contributed by atoms with E-state index >= 15 is 0 Å². The van der Waals surface area contributed by atoms with Crippen LogP contribution >= 0.6 is 0 Å². The summed E-state index contributed by atoms with van der Waals surface area (Å²) in [6, 6.07) is 17.1. The second-order valence-corrected chi connectivity index (χ2v) is 4.54. The summed E-state index contributed by atoms with van der Waals surface area (Å²) >= 11 is 0. The molecule has 0 spiro atoms. The lowest BCUT2D eigenvalue weighted by Crippen LogP contribution is -1.87. The first-order valence-corrected chi connectivity index (χ1v) is 5.90. The van der Waals surface area contributed by atoms with Gasteiger partial charge in [0.15, 0.2) is 0 Å². The molecular weight excluding hydrogens is 206 g/mol. The van der Waals surface area contributed by atoms with Crippen molar-refractivity contribution in [1.82, 2.24) is 4.98 Å². The molecule has 0 saturated carbocycles. The lowest BCUT2D eigenvalue weighted by Gasteiger charge is -2.07. The molecule has 0 atom stereocenters. The maximum atomic E-state index is 3.49. The summed E-state index contributed by atoms with van der Waals surface area (Å²) in [6.45, 7) is 4.32. The van der Waals surface area contributed by atoms with Crippen LogP contribution in [0.5, 0.6) is 0 Å². The molecule has 0 fully saturated rings. The molecule has 17 heavy (non-hydrogen) atoms. The van der Waals surface area contributed by atoms with E-state index in [2.05, 4.69) is 67.4 Å². The predicted molar refractivity (Wildman–Crippen MR) is 73.2 cm³/mol. The number of nitrogens with one attached hydrogen (secondary N) is 1. The molecule has 1 heterocycles. The van der Waals surface area contributed by atoms with Gasteiger partial charge in [0.2, 0.25) is 0 Å². The molecule has 0 unspecified atom stereocenters. The molecule has 0 amide bonds. The molecule has 2 aromatic carbocycles. The van der Waals surface area contributed by atoms with Gasteiger partial charge in [-0.15, -0.1) is 0 Å². The van der Waals surface area contributed by atoms with Crippen molar-refractivity contribution in [1.29, 1.82) is 0 Å². The Morgan fingerprint density at radius 1 is 0.824 bits per heavy atom. The molecule has 0 saturated heterocycles. The fraction of sp³-hybridized carbons (Fsp3) is 0.125. The monoisotopic (exact) mass is 221 g/mol. The second-order valence-electron chi connectivity index (χ2n) is 4.54. The predicted octanol–water partition coefficient (Wildman–Crippen LogP) is 4.45. The van der Waals surface area contributed by atoms with Gasteiger partial charge in [0.25, 0.3) is 0 Å². The third-order valence-electron chi connectivity index (χ3n) is 3.28. The van der Waals surface area contributed by atoms with Gasteiger partial charge in [-0.1, -0.05) is 36.4 Å². The highest BCUT2D eigenvalue weighted by Crippen LogP contribution is 2.29. The zero-order valence-electron chi connectivity index (χ0n) is 10.1. The van der Waals surface area contributed by atoms with Crippen LogP contribution in [0.3, 0.4) is 0 Å². The highest BCUT2D eigenvalue weighted by molar-refractivity contribution is 5.87. The maximum absolute atomic E-state index is 3.49. The summed E-state index contributed by atoms with van der Waals surface area (Å²) in [4.78, 5) is 3.49. The largest absolute Gasteiger partial charge is 0.355 e. The standard InChI is InChI=1S/C16H15N/c1-11-6-5-7-12(2)16(11)15-10-13-8-3-4-9-14(13)17-15/h3-10,17H,1-2H3. The Kier molecular flexibility index (Phi) is 2.25. The number of hydrogen-bond acceptors (Lipinski definition) is 0. The van der Waals surface area contributed by atoms with Gasteiger partial charge in [-0.25, -0.2) is 0 Å². The van der Waals surface area contributed by atoms with Gasteiger partial charge in [-0.05, 0) is 37.1 Å². The summed E-state index contributed by atoms with van der Waals surface area (Å²) in [6.07, 6.45) is 0. The molecule has 0 aliphatic heterocycles. The first-order chi connectivity index (χ1) is 8.25. The maximum Gasteiger partial charge on any atom is 0.0470 e. The molecule has 1 heteroatoms. The van der Waals surface area contributed by atoms with Crippen molar-refractivity contribution in [3.05, 3.63) is 59.7 Å². The Hall–Kier alpha value is -2.02. The van der Waals surface area contributed by atoms with E-state index in [1.165, 1.54) is 33.3 Å². The van der Waals surface area contributed by atoms with Gasteiger partial charge in [0.1, 0.15) is 0 Å². The molecule has 1 N–H and O–H groups in total. The third-order valence-corrected chi connectivity index (χ3v) is 3.28. The average Bonchev–Trinajstić information content (AvgIpc) is 2.71. The van der Waals surface area contributed by atoms with Crippen molar-refractivity contribution >= 4 is 10.9 Å². The van der Waals surface area contributed by atoms with Crippen LogP contribution in [-0.4, -0.2) is 4.98 Å². The van der Waals surface area contributed by atoms with E-state index in [1.54, 1.807) is 0 Å². The quantitative estimate of drug-likeness (QED) is 0.624. The van der Waals surface area contributed by atoms with Gasteiger partial charge in [0, 0.05) is 22.2 Å². The van der Waals surface area contributed by atoms with Crippen molar-refractivity contribution in [2.45, 2.75) is 13.8 Å². The Labute approximate surface area is 101 Å². The van der Waals surface area contributed by atoms with E-state index in [4.69, 9.17) is 0 Å². The third kappa shape index (κ3) is 1.64. The molecule has 0 aliphatic rings. The van der Waals surface area contributed by atoms with Crippen LogP contribution in [0, 0.1) is 13.8 Å². The fourth-order valence-electron chi connectivity index (χ4n) is 2.45. The van der Waals surface area contributed by atoms with Crippen molar-refractivity contribution < 1.29 is 0 Å². The zero-order valence-corrected chi connectivity index (χ0v) is 10.1. The molecule has 1 nitrogen and oxygen atoms in total. The smallest absolute Gasteiger partial charge is 0.0470 e. The number of H-pyrrole nitrogens is 1. The van der Waals surface area contributed by atoms with Crippen molar-refractivity contribution in [2.24, 2.45) is 0 Å². The Balaban J connectivity index is 2.27. The van der Waals surface area contributed by atoms with Crippen LogP contribution in [0.25, 0.3) is 22.2 Å².